The van der Waals surface area contributed by atoms with E-state index in [1.54, 1.807) is 12.1 Å². The molecule has 2 aromatic rings. The van der Waals surface area contributed by atoms with Gasteiger partial charge < -0.3 is 5.73 Å². The summed E-state index contributed by atoms with van der Waals surface area (Å²) in [5.41, 5.74) is 7.80. The van der Waals surface area contributed by atoms with Gasteiger partial charge in [-0.3, -0.25) is 4.90 Å². The van der Waals surface area contributed by atoms with Crippen molar-refractivity contribution in [1.29, 1.82) is 0 Å². The third-order valence-electron chi connectivity index (χ3n) is 4.09. The number of likely N-dealkylation sites (tertiary alicyclic amines) is 1. The average Bonchev–Trinajstić information content (AvgIpc) is 2.86. The molecule has 0 radical (unpaired) electrons. The summed E-state index contributed by atoms with van der Waals surface area (Å²) in [6, 6.07) is 14.4. The van der Waals surface area contributed by atoms with E-state index in [4.69, 9.17) is 5.73 Å². The maximum atomic E-state index is 13.7. The number of nitrogens with two attached hydrogens (primary N) is 1. The lowest BCUT2D eigenvalue weighted by Crippen LogP contribution is -2.28. The van der Waals surface area contributed by atoms with E-state index in [9.17, 15) is 8.78 Å². The van der Waals surface area contributed by atoms with E-state index in [1.165, 1.54) is 5.56 Å². The first kappa shape index (κ1) is 14.2. The van der Waals surface area contributed by atoms with Gasteiger partial charge in [-0.15, -0.1) is 0 Å². The second kappa shape index (κ2) is 5.92. The highest BCUT2D eigenvalue weighted by atomic mass is 19.2. The monoisotopic (exact) mass is 288 g/mol. The Morgan fingerprint density at radius 1 is 1.00 bits per heavy atom. The van der Waals surface area contributed by atoms with Crippen molar-refractivity contribution in [3.05, 3.63) is 71.3 Å². The van der Waals surface area contributed by atoms with Gasteiger partial charge in [-0.05, 0) is 11.6 Å². The highest BCUT2D eigenvalue weighted by Crippen LogP contribution is 2.27. The predicted octanol–water partition coefficient (Wildman–Crippen LogP) is 2.89. The Balaban J connectivity index is 1.73. The summed E-state index contributed by atoms with van der Waals surface area (Å²) in [7, 11) is 0. The van der Waals surface area contributed by atoms with Crippen LogP contribution in [-0.4, -0.2) is 24.0 Å². The summed E-state index contributed by atoms with van der Waals surface area (Å²) in [6.07, 6.45) is 0. The normalized spacial score (nSPS) is 22.6. The molecule has 0 unspecified atom stereocenters. The standard InChI is InChI=1S/C17H18F2N2/c18-15-8-4-7-13(17(15)19)9-21-10-14(16(20)11-21)12-5-2-1-3-6-12/h1-8,14,16H,9-11,20H2/t14-,16+/m0/s1. The maximum Gasteiger partial charge on any atom is 0.163 e. The second-order valence-corrected chi connectivity index (χ2v) is 5.59. The molecule has 2 aromatic carbocycles. The van der Waals surface area contributed by atoms with E-state index < -0.39 is 11.6 Å². The van der Waals surface area contributed by atoms with Crippen LogP contribution in [0, 0.1) is 11.6 Å². The third-order valence-corrected chi connectivity index (χ3v) is 4.09. The molecule has 1 fully saturated rings. The summed E-state index contributed by atoms with van der Waals surface area (Å²) >= 11 is 0. The molecule has 2 N–H and O–H groups in total. The Kier molecular flexibility index (Phi) is 3.99. The lowest BCUT2D eigenvalue weighted by molar-refractivity contribution is 0.315. The fourth-order valence-electron chi connectivity index (χ4n) is 3.01. The number of hydrogen-bond acceptors (Lipinski definition) is 2. The van der Waals surface area contributed by atoms with Crippen LogP contribution < -0.4 is 5.73 Å². The summed E-state index contributed by atoms with van der Waals surface area (Å²) in [5.74, 6) is -1.31. The Morgan fingerprint density at radius 3 is 2.52 bits per heavy atom. The van der Waals surface area contributed by atoms with Crippen molar-refractivity contribution >= 4 is 0 Å². The van der Waals surface area contributed by atoms with Gasteiger partial charge in [0.1, 0.15) is 0 Å². The van der Waals surface area contributed by atoms with E-state index >= 15 is 0 Å². The van der Waals surface area contributed by atoms with Crippen LogP contribution in [-0.2, 0) is 6.54 Å². The molecule has 0 bridgehead atoms. The predicted molar refractivity (Wildman–Crippen MR) is 78.8 cm³/mol. The maximum absolute atomic E-state index is 13.7. The van der Waals surface area contributed by atoms with Gasteiger partial charge in [0.15, 0.2) is 11.6 Å². The van der Waals surface area contributed by atoms with Crippen molar-refractivity contribution in [2.75, 3.05) is 13.1 Å². The van der Waals surface area contributed by atoms with Gasteiger partial charge >= 0.3 is 0 Å². The van der Waals surface area contributed by atoms with Crippen molar-refractivity contribution in [1.82, 2.24) is 4.90 Å². The Morgan fingerprint density at radius 2 is 1.76 bits per heavy atom. The largest absolute Gasteiger partial charge is 0.326 e. The Hall–Kier alpha value is -1.78. The lowest BCUT2D eigenvalue weighted by atomic mass is 9.95. The molecular weight excluding hydrogens is 270 g/mol. The number of rotatable bonds is 3. The Labute approximate surface area is 123 Å². The van der Waals surface area contributed by atoms with E-state index in [-0.39, 0.29) is 12.0 Å². The van der Waals surface area contributed by atoms with Crippen LogP contribution in [0.25, 0.3) is 0 Å². The molecule has 3 rings (SSSR count). The minimum absolute atomic E-state index is 0.0176. The summed E-state index contributed by atoms with van der Waals surface area (Å²) in [5, 5.41) is 0. The minimum Gasteiger partial charge on any atom is -0.326 e. The van der Waals surface area contributed by atoms with Crippen LogP contribution in [0.15, 0.2) is 48.5 Å². The molecule has 0 spiro atoms. The van der Waals surface area contributed by atoms with Gasteiger partial charge in [0.05, 0.1) is 0 Å². The molecular formula is C17H18F2N2. The molecule has 1 heterocycles. The number of halogens is 2. The summed E-state index contributed by atoms with van der Waals surface area (Å²) < 4.78 is 27.0. The van der Waals surface area contributed by atoms with Gasteiger partial charge in [0.25, 0.3) is 0 Å². The van der Waals surface area contributed by atoms with Crippen molar-refractivity contribution in [2.45, 2.75) is 18.5 Å². The first-order valence-corrected chi connectivity index (χ1v) is 7.11. The first-order chi connectivity index (χ1) is 10.1. The quantitative estimate of drug-likeness (QED) is 0.941. The molecule has 1 aliphatic heterocycles. The van der Waals surface area contributed by atoms with Crippen molar-refractivity contribution < 1.29 is 8.78 Å². The topological polar surface area (TPSA) is 29.3 Å². The summed E-state index contributed by atoms with van der Waals surface area (Å²) in [6.45, 7) is 1.84. The molecule has 2 nitrogen and oxygen atoms in total. The molecule has 1 aliphatic rings. The molecule has 0 aromatic heterocycles. The van der Waals surface area contributed by atoms with Crippen LogP contribution in [0.3, 0.4) is 0 Å². The van der Waals surface area contributed by atoms with Crippen molar-refractivity contribution in [3.63, 3.8) is 0 Å². The zero-order valence-electron chi connectivity index (χ0n) is 11.7. The van der Waals surface area contributed by atoms with E-state index in [0.717, 1.165) is 12.6 Å². The second-order valence-electron chi connectivity index (χ2n) is 5.59. The number of nitrogens with zero attached hydrogens (tertiary/aromatic N) is 1. The van der Waals surface area contributed by atoms with Gasteiger partial charge in [-0.25, -0.2) is 8.78 Å². The molecule has 2 atom stereocenters. The van der Waals surface area contributed by atoms with E-state index in [2.05, 4.69) is 17.0 Å². The van der Waals surface area contributed by atoms with E-state index in [0.29, 0.717) is 18.7 Å². The number of benzene rings is 2. The van der Waals surface area contributed by atoms with Gasteiger partial charge in [-0.2, -0.15) is 0 Å². The molecule has 21 heavy (non-hydrogen) atoms. The molecule has 0 aliphatic carbocycles. The van der Waals surface area contributed by atoms with Crippen molar-refractivity contribution in [2.24, 2.45) is 5.73 Å². The molecule has 1 saturated heterocycles. The van der Waals surface area contributed by atoms with E-state index in [1.807, 2.05) is 18.2 Å². The molecule has 4 heteroatoms. The zero-order chi connectivity index (χ0) is 14.8. The smallest absolute Gasteiger partial charge is 0.163 e. The number of hydrogen-bond donors (Lipinski definition) is 1. The lowest BCUT2D eigenvalue weighted by Gasteiger charge is -2.16. The first-order valence-electron chi connectivity index (χ1n) is 7.11. The zero-order valence-corrected chi connectivity index (χ0v) is 11.7. The highest BCUT2D eigenvalue weighted by Gasteiger charge is 2.31. The van der Waals surface area contributed by atoms with Gasteiger partial charge in [-0.1, -0.05) is 42.5 Å². The van der Waals surface area contributed by atoms with Gasteiger partial charge in [0.2, 0.25) is 0 Å². The van der Waals surface area contributed by atoms with Crippen LogP contribution in [0.1, 0.15) is 17.0 Å². The molecule has 0 amide bonds. The fourth-order valence-corrected chi connectivity index (χ4v) is 3.01. The molecule has 110 valence electrons. The fraction of sp³-hybridized carbons (Fsp3) is 0.294. The van der Waals surface area contributed by atoms with Gasteiger partial charge in [0, 0.05) is 37.2 Å². The van der Waals surface area contributed by atoms with Crippen molar-refractivity contribution in [3.8, 4) is 0 Å². The third kappa shape index (κ3) is 2.96. The minimum atomic E-state index is -0.796. The van der Waals surface area contributed by atoms with Crippen LogP contribution in [0.2, 0.25) is 0 Å². The van der Waals surface area contributed by atoms with Crippen LogP contribution in [0.5, 0.6) is 0 Å². The highest BCUT2D eigenvalue weighted by molar-refractivity contribution is 5.24. The summed E-state index contributed by atoms with van der Waals surface area (Å²) in [4.78, 5) is 2.08. The Bertz CT molecular complexity index is 615. The molecule has 0 saturated carbocycles. The SMILES string of the molecule is N[C@@H]1CN(Cc2cccc(F)c2F)C[C@H]1c1ccccc1. The van der Waals surface area contributed by atoms with Crippen LogP contribution >= 0.6 is 0 Å². The average molecular weight is 288 g/mol. The van der Waals surface area contributed by atoms with Crippen LogP contribution in [0.4, 0.5) is 8.78 Å².